The fraction of sp³-hybridized carbons (Fsp3) is 0.286. The maximum absolute atomic E-state index is 12.1. The number of nitrogens with zero attached hydrogens (tertiary/aromatic N) is 3. The van der Waals surface area contributed by atoms with Crippen LogP contribution in [0.3, 0.4) is 0 Å². The molecule has 0 aliphatic heterocycles. The number of hydrogen-bond donors (Lipinski definition) is 1. The molecule has 6 nitrogen and oxygen atoms in total. The predicted molar refractivity (Wildman–Crippen MR) is 75.7 cm³/mol. The second kappa shape index (κ2) is 6.10. The van der Waals surface area contributed by atoms with Gasteiger partial charge in [0.25, 0.3) is 11.5 Å². The van der Waals surface area contributed by atoms with Crippen LogP contribution < -0.4 is 10.9 Å². The molecule has 1 N–H and O–H groups in total. The Hall–Kier alpha value is -2.50. The van der Waals surface area contributed by atoms with Gasteiger partial charge in [-0.1, -0.05) is 6.92 Å². The van der Waals surface area contributed by atoms with Crippen LogP contribution in [-0.2, 0) is 6.54 Å². The van der Waals surface area contributed by atoms with Crippen LogP contribution in [0.4, 0.5) is 5.82 Å². The van der Waals surface area contributed by atoms with Crippen LogP contribution in [0.5, 0.6) is 0 Å². The maximum Gasteiger partial charge on any atom is 0.277 e. The maximum atomic E-state index is 12.1. The van der Waals surface area contributed by atoms with Crippen molar-refractivity contribution in [1.82, 2.24) is 14.8 Å². The van der Waals surface area contributed by atoms with Crippen molar-refractivity contribution < 1.29 is 4.79 Å². The van der Waals surface area contributed by atoms with Gasteiger partial charge < -0.3 is 5.32 Å². The zero-order valence-electron chi connectivity index (χ0n) is 11.5. The van der Waals surface area contributed by atoms with E-state index in [4.69, 9.17) is 0 Å². The van der Waals surface area contributed by atoms with Crippen molar-refractivity contribution >= 4 is 11.7 Å². The van der Waals surface area contributed by atoms with Gasteiger partial charge in [0.2, 0.25) is 0 Å². The summed E-state index contributed by atoms with van der Waals surface area (Å²) in [5.74, 6) is 0.0815. The van der Waals surface area contributed by atoms with E-state index in [0.717, 1.165) is 12.0 Å². The molecule has 2 heterocycles. The Morgan fingerprint density at radius 3 is 2.85 bits per heavy atom. The molecule has 1 amide bonds. The van der Waals surface area contributed by atoms with Crippen molar-refractivity contribution in [3.05, 3.63) is 52.1 Å². The van der Waals surface area contributed by atoms with Gasteiger partial charge in [-0.2, -0.15) is 5.10 Å². The van der Waals surface area contributed by atoms with E-state index in [-0.39, 0.29) is 17.2 Å². The van der Waals surface area contributed by atoms with Crippen LogP contribution in [0.25, 0.3) is 0 Å². The largest absolute Gasteiger partial charge is 0.305 e. The van der Waals surface area contributed by atoms with Gasteiger partial charge in [0, 0.05) is 18.8 Å². The molecule has 0 unspecified atom stereocenters. The van der Waals surface area contributed by atoms with Crippen molar-refractivity contribution in [2.75, 3.05) is 5.32 Å². The molecule has 2 aromatic rings. The van der Waals surface area contributed by atoms with Gasteiger partial charge in [0.05, 0.1) is 0 Å². The first-order valence-electron chi connectivity index (χ1n) is 6.42. The first-order valence-corrected chi connectivity index (χ1v) is 6.42. The molecule has 2 aromatic heterocycles. The normalized spacial score (nSPS) is 10.3. The van der Waals surface area contributed by atoms with E-state index in [1.54, 1.807) is 12.3 Å². The minimum Gasteiger partial charge on any atom is -0.305 e. The number of anilines is 1. The number of aromatic nitrogens is 3. The summed E-state index contributed by atoms with van der Waals surface area (Å²) in [6, 6.07) is 6.37. The van der Waals surface area contributed by atoms with Crippen LogP contribution >= 0.6 is 0 Å². The van der Waals surface area contributed by atoms with E-state index in [1.807, 2.05) is 19.9 Å². The summed E-state index contributed by atoms with van der Waals surface area (Å²) in [5, 5.41) is 6.70. The molecule has 0 aliphatic carbocycles. The van der Waals surface area contributed by atoms with Crippen LogP contribution in [0, 0.1) is 6.92 Å². The van der Waals surface area contributed by atoms with Crippen molar-refractivity contribution in [2.45, 2.75) is 26.8 Å². The molecule has 0 radical (unpaired) electrons. The van der Waals surface area contributed by atoms with Crippen molar-refractivity contribution in [2.24, 2.45) is 0 Å². The third-order valence-electron chi connectivity index (χ3n) is 2.69. The summed E-state index contributed by atoms with van der Waals surface area (Å²) in [6.07, 6.45) is 2.40. The molecular formula is C14H16N4O2. The molecule has 0 aliphatic rings. The second-order valence-electron chi connectivity index (χ2n) is 4.45. The quantitative estimate of drug-likeness (QED) is 0.917. The van der Waals surface area contributed by atoms with Gasteiger partial charge in [0.15, 0.2) is 0 Å². The number of amides is 1. The minimum absolute atomic E-state index is 0.196. The molecule has 6 heteroatoms. The molecule has 0 aromatic carbocycles. The molecule has 104 valence electrons. The highest BCUT2D eigenvalue weighted by atomic mass is 16.2. The molecule has 2 rings (SSSR count). The van der Waals surface area contributed by atoms with Crippen molar-refractivity contribution in [1.29, 1.82) is 0 Å². The highest BCUT2D eigenvalue weighted by molar-refractivity contribution is 6.02. The number of aryl methyl sites for hydroxylation is 2. The van der Waals surface area contributed by atoms with E-state index in [2.05, 4.69) is 15.4 Å². The SMILES string of the molecule is CCCn1nc(C(=O)Nc2cc(C)ccn2)ccc1=O. The lowest BCUT2D eigenvalue weighted by Gasteiger charge is -2.06. The van der Waals surface area contributed by atoms with Crippen LogP contribution in [0.2, 0.25) is 0 Å². The topological polar surface area (TPSA) is 76.9 Å². The van der Waals surface area contributed by atoms with E-state index in [0.29, 0.717) is 12.4 Å². The highest BCUT2D eigenvalue weighted by Gasteiger charge is 2.10. The molecule has 0 saturated heterocycles. The third-order valence-corrected chi connectivity index (χ3v) is 2.69. The standard InChI is InChI=1S/C14H16N4O2/c1-3-8-18-13(19)5-4-11(17-18)14(20)16-12-9-10(2)6-7-15-12/h4-7,9H,3,8H2,1-2H3,(H,15,16,20). The van der Waals surface area contributed by atoms with Crippen molar-refractivity contribution in [3.8, 4) is 0 Å². The van der Waals surface area contributed by atoms with Crippen LogP contribution in [0.1, 0.15) is 29.4 Å². The average molecular weight is 272 g/mol. The molecule has 0 saturated carbocycles. The van der Waals surface area contributed by atoms with E-state index < -0.39 is 0 Å². The Labute approximate surface area is 116 Å². The number of rotatable bonds is 4. The Morgan fingerprint density at radius 2 is 2.15 bits per heavy atom. The van der Waals surface area contributed by atoms with E-state index in [9.17, 15) is 9.59 Å². The lowest BCUT2D eigenvalue weighted by molar-refractivity contribution is 0.101. The summed E-state index contributed by atoms with van der Waals surface area (Å²) in [7, 11) is 0. The number of carbonyl (C=O) groups excluding carboxylic acids is 1. The predicted octanol–water partition coefficient (Wildman–Crippen LogP) is 1.61. The van der Waals surface area contributed by atoms with Gasteiger partial charge in [-0.3, -0.25) is 9.59 Å². The van der Waals surface area contributed by atoms with Crippen molar-refractivity contribution in [3.63, 3.8) is 0 Å². The first kappa shape index (κ1) is 13.9. The zero-order valence-corrected chi connectivity index (χ0v) is 11.5. The highest BCUT2D eigenvalue weighted by Crippen LogP contribution is 2.06. The van der Waals surface area contributed by atoms with Crippen LogP contribution in [-0.4, -0.2) is 20.7 Å². The molecule has 0 atom stereocenters. The summed E-state index contributed by atoms with van der Waals surface area (Å²) < 4.78 is 1.29. The Bertz CT molecular complexity index is 679. The summed E-state index contributed by atoms with van der Waals surface area (Å²) in [5.41, 5.74) is 0.984. The number of pyridine rings is 1. The van der Waals surface area contributed by atoms with Gasteiger partial charge >= 0.3 is 0 Å². The number of nitrogens with one attached hydrogen (secondary N) is 1. The van der Waals surface area contributed by atoms with Crippen LogP contribution in [0.15, 0.2) is 35.3 Å². The second-order valence-corrected chi connectivity index (χ2v) is 4.45. The minimum atomic E-state index is -0.382. The molecule has 0 spiro atoms. The fourth-order valence-corrected chi connectivity index (χ4v) is 1.73. The summed E-state index contributed by atoms with van der Waals surface area (Å²) in [6.45, 7) is 4.34. The molecular weight excluding hydrogens is 256 g/mol. The fourth-order valence-electron chi connectivity index (χ4n) is 1.73. The summed E-state index contributed by atoms with van der Waals surface area (Å²) in [4.78, 5) is 27.7. The molecule has 0 bridgehead atoms. The number of hydrogen-bond acceptors (Lipinski definition) is 4. The van der Waals surface area contributed by atoms with Gasteiger partial charge in [-0.05, 0) is 37.1 Å². The lowest BCUT2D eigenvalue weighted by Crippen LogP contribution is -2.26. The first-order chi connectivity index (χ1) is 9.60. The Morgan fingerprint density at radius 1 is 1.35 bits per heavy atom. The monoisotopic (exact) mass is 272 g/mol. The van der Waals surface area contributed by atoms with E-state index >= 15 is 0 Å². The average Bonchev–Trinajstić information content (AvgIpc) is 2.41. The third kappa shape index (κ3) is 3.28. The van der Waals surface area contributed by atoms with Gasteiger partial charge in [-0.15, -0.1) is 0 Å². The number of carbonyl (C=O) groups is 1. The molecule has 0 fully saturated rings. The Balaban J connectivity index is 2.21. The molecule has 20 heavy (non-hydrogen) atoms. The van der Waals surface area contributed by atoms with Gasteiger partial charge in [-0.25, -0.2) is 9.67 Å². The lowest BCUT2D eigenvalue weighted by atomic mass is 10.3. The zero-order chi connectivity index (χ0) is 14.5. The smallest absolute Gasteiger partial charge is 0.277 e. The summed E-state index contributed by atoms with van der Waals surface area (Å²) >= 11 is 0. The Kier molecular flexibility index (Phi) is 4.24. The van der Waals surface area contributed by atoms with E-state index in [1.165, 1.54) is 16.8 Å². The van der Waals surface area contributed by atoms with Gasteiger partial charge in [0.1, 0.15) is 11.5 Å².